The van der Waals surface area contributed by atoms with E-state index in [0.717, 1.165) is 23.4 Å². The van der Waals surface area contributed by atoms with Crippen LogP contribution in [0.1, 0.15) is 13.3 Å². The van der Waals surface area contributed by atoms with E-state index >= 15 is 0 Å². The first kappa shape index (κ1) is 7.65. The lowest BCUT2D eigenvalue weighted by molar-refractivity contribution is 1.21. The number of nitrogens with zero attached hydrogens (tertiary/aromatic N) is 2. The summed E-state index contributed by atoms with van der Waals surface area (Å²) < 4.78 is 0. The lowest BCUT2D eigenvalue weighted by atomic mass is 10.5. The van der Waals surface area contributed by atoms with E-state index < -0.39 is 0 Å². The number of hydrogen-bond donors (Lipinski definition) is 1. The molecular formula is C4H9N3S. The van der Waals surface area contributed by atoms with E-state index in [1.165, 1.54) is 0 Å². The molecule has 0 saturated heterocycles. The predicted molar refractivity (Wildman–Crippen MR) is 39.1 cm³/mol. The fourth-order valence-corrected chi connectivity index (χ4v) is 0.528. The summed E-state index contributed by atoms with van der Waals surface area (Å²) in [6.07, 6.45) is 0.820. The molecule has 0 aliphatic carbocycles. The molecule has 46 valence electrons. The van der Waals surface area contributed by atoms with E-state index in [-0.39, 0.29) is 0 Å². The van der Waals surface area contributed by atoms with Gasteiger partial charge in [-0.05, 0) is 18.4 Å². The Bertz CT molecular complexity index is 93.5. The van der Waals surface area contributed by atoms with Crippen molar-refractivity contribution in [3.05, 3.63) is 0 Å². The van der Waals surface area contributed by atoms with Crippen molar-refractivity contribution < 1.29 is 0 Å². The third kappa shape index (κ3) is 2.76. The highest BCUT2D eigenvalue weighted by atomic mass is 32.2. The van der Waals surface area contributed by atoms with Crippen molar-refractivity contribution in [1.82, 2.24) is 0 Å². The van der Waals surface area contributed by atoms with Gasteiger partial charge in [0.05, 0.1) is 0 Å². The molecule has 0 heterocycles. The van der Waals surface area contributed by atoms with E-state index in [4.69, 9.17) is 5.14 Å². The molecule has 0 aromatic carbocycles. The van der Waals surface area contributed by atoms with Crippen LogP contribution in [0.3, 0.4) is 0 Å². The van der Waals surface area contributed by atoms with Crippen LogP contribution < -0.4 is 5.14 Å². The van der Waals surface area contributed by atoms with Crippen LogP contribution in [0.25, 0.3) is 0 Å². The maximum Gasteiger partial charge on any atom is 0.110 e. The minimum absolute atomic E-state index is 0.806. The Morgan fingerprint density at radius 2 is 2.50 bits per heavy atom. The second kappa shape index (κ2) is 4.80. The molecule has 0 saturated carbocycles. The number of hydrogen-bond acceptors (Lipinski definition) is 4. The van der Waals surface area contributed by atoms with Crippen molar-refractivity contribution in [2.24, 2.45) is 15.3 Å². The second-order valence-electron chi connectivity index (χ2n) is 1.11. The van der Waals surface area contributed by atoms with Gasteiger partial charge in [-0.3, -0.25) is 5.14 Å². The van der Waals surface area contributed by atoms with Crippen molar-refractivity contribution in [2.45, 2.75) is 13.3 Å². The Balaban J connectivity index is 3.66. The van der Waals surface area contributed by atoms with Crippen LogP contribution >= 0.6 is 11.9 Å². The van der Waals surface area contributed by atoms with Crippen LogP contribution in [0, 0.1) is 0 Å². The largest absolute Gasteiger partial charge is 0.272 e. The summed E-state index contributed by atoms with van der Waals surface area (Å²) in [6, 6.07) is 0. The van der Waals surface area contributed by atoms with Crippen molar-refractivity contribution in [2.75, 3.05) is 0 Å². The predicted octanol–water partition coefficient (Wildman–Crippen LogP) is 1.02. The van der Waals surface area contributed by atoms with Crippen LogP contribution in [0.15, 0.2) is 10.2 Å². The third-order valence-corrected chi connectivity index (χ3v) is 1.26. The Labute approximate surface area is 53.2 Å². The van der Waals surface area contributed by atoms with Gasteiger partial charge in [0, 0.05) is 6.72 Å². The lowest BCUT2D eigenvalue weighted by Gasteiger charge is -1.90. The summed E-state index contributed by atoms with van der Waals surface area (Å²) in [7, 11) is 0. The van der Waals surface area contributed by atoms with Gasteiger partial charge in [-0.15, -0.1) is 5.10 Å². The molecule has 0 aromatic heterocycles. The fraction of sp³-hybridized carbons (Fsp3) is 0.500. The molecule has 0 radical (unpaired) electrons. The van der Waals surface area contributed by atoms with Crippen LogP contribution in [0.5, 0.6) is 0 Å². The molecule has 3 nitrogen and oxygen atoms in total. The van der Waals surface area contributed by atoms with Crippen molar-refractivity contribution in [1.29, 1.82) is 0 Å². The standard InChI is InChI=1S/C4H9N3S/c1-3-4(8-5)7-6-2/h2-3,5H2,1H3/b7-4-. The Morgan fingerprint density at radius 1 is 1.88 bits per heavy atom. The molecule has 4 heteroatoms. The lowest BCUT2D eigenvalue weighted by Crippen LogP contribution is -1.92. The zero-order valence-corrected chi connectivity index (χ0v) is 5.61. The summed E-state index contributed by atoms with van der Waals surface area (Å²) in [5.74, 6) is 0. The average molecular weight is 131 g/mol. The summed E-state index contributed by atoms with van der Waals surface area (Å²) in [5.41, 5.74) is 0. The summed E-state index contributed by atoms with van der Waals surface area (Å²) in [5, 5.41) is 12.9. The first-order chi connectivity index (χ1) is 3.85. The van der Waals surface area contributed by atoms with Crippen LogP contribution in [0.2, 0.25) is 0 Å². The molecule has 0 amide bonds. The molecule has 0 aliphatic heterocycles. The van der Waals surface area contributed by atoms with Gasteiger partial charge < -0.3 is 0 Å². The summed E-state index contributed by atoms with van der Waals surface area (Å²) in [6.45, 7) is 5.15. The van der Waals surface area contributed by atoms with Gasteiger partial charge in [-0.2, -0.15) is 5.10 Å². The van der Waals surface area contributed by atoms with Gasteiger partial charge in [-0.1, -0.05) is 6.92 Å². The van der Waals surface area contributed by atoms with Gasteiger partial charge in [0.2, 0.25) is 0 Å². The van der Waals surface area contributed by atoms with Crippen LogP contribution in [-0.4, -0.2) is 11.8 Å². The van der Waals surface area contributed by atoms with E-state index in [0.29, 0.717) is 0 Å². The summed E-state index contributed by atoms with van der Waals surface area (Å²) >= 11 is 1.11. The smallest absolute Gasteiger partial charge is 0.110 e. The first-order valence-electron chi connectivity index (χ1n) is 2.24. The van der Waals surface area contributed by atoms with E-state index in [2.05, 4.69) is 16.9 Å². The van der Waals surface area contributed by atoms with Gasteiger partial charge in [0.25, 0.3) is 0 Å². The highest BCUT2D eigenvalue weighted by Crippen LogP contribution is 1.97. The Morgan fingerprint density at radius 3 is 2.62 bits per heavy atom. The zero-order valence-electron chi connectivity index (χ0n) is 4.79. The van der Waals surface area contributed by atoms with Gasteiger partial charge in [-0.25, -0.2) is 0 Å². The highest BCUT2D eigenvalue weighted by molar-refractivity contribution is 8.12. The van der Waals surface area contributed by atoms with Gasteiger partial charge >= 0.3 is 0 Å². The minimum atomic E-state index is 0.806. The normalized spacial score (nSPS) is 11.5. The van der Waals surface area contributed by atoms with E-state index in [1.54, 1.807) is 0 Å². The molecule has 0 atom stereocenters. The SMILES string of the molecule is C=N/N=C(/CC)SN. The monoisotopic (exact) mass is 131 g/mol. The zero-order chi connectivity index (χ0) is 6.41. The first-order valence-corrected chi connectivity index (χ1v) is 3.12. The molecule has 2 N–H and O–H groups in total. The van der Waals surface area contributed by atoms with Crippen molar-refractivity contribution in [3.63, 3.8) is 0 Å². The molecular weight excluding hydrogens is 122 g/mol. The maximum atomic E-state index is 5.17. The van der Waals surface area contributed by atoms with Gasteiger partial charge in [0.15, 0.2) is 0 Å². The second-order valence-corrected chi connectivity index (χ2v) is 1.81. The molecule has 0 spiro atoms. The number of rotatable bonds is 2. The topological polar surface area (TPSA) is 50.7 Å². The molecule has 0 unspecified atom stereocenters. The quantitative estimate of drug-likeness (QED) is 0.263. The van der Waals surface area contributed by atoms with Gasteiger partial charge in [0.1, 0.15) is 5.04 Å². The molecule has 0 aromatic rings. The molecule has 8 heavy (non-hydrogen) atoms. The molecule has 0 bridgehead atoms. The highest BCUT2D eigenvalue weighted by Gasteiger charge is 1.88. The number of nitrogens with two attached hydrogens (primary N) is 1. The molecule has 0 aliphatic rings. The Kier molecular flexibility index (Phi) is 4.59. The van der Waals surface area contributed by atoms with E-state index in [9.17, 15) is 0 Å². The van der Waals surface area contributed by atoms with Crippen LogP contribution in [-0.2, 0) is 0 Å². The fourth-order valence-electron chi connectivity index (χ4n) is 0.256. The maximum absolute atomic E-state index is 5.17. The minimum Gasteiger partial charge on any atom is -0.272 e. The third-order valence-electron chi connectivity index (χ3n) is 0.621. The Hall–Kier alpha value is -0.350. The van der Waals surface area contributed by atoms with Crippen molar-refractivity contribution >= 4 is 23.7 Å². The van der Waals surface area contributed by atoms with Crippen molar-refractivity contribution in [3.8, 4) is 0 Å². The molecule has 0 rings (SSSR count). The van der Waals surface area contributed by atoms with Crippen LogP contribution in [0.4, 0.5) is 0 Å². The van der Waals surface area contributed by atoms with E-state index in [1.807, 2.05) is 6.92 Å². The summed E-state index contributed by atoms with van der Waals surface area (Å²) in [4.78, 5) is 0. The average Bonchev–Trinajstić information content (AvgIpc) is 1.83. The molecule has 0 fully saturated rings.